The summed E-state index contributed by atoms with van der Waals surface area (Å²) in [6.45, 7) is 0. The molecule has 106 heavy (non-hydrogen) atoms. The second-order valence-corrected chi connectivity index (χ2v) is 29.6. The van der Waals surface area contributed by atoms with E-state index in [9.17, 15) is 0 Å². The molecule has 22 rings (SSSR count). The Morgan fingerprint density at radius 3 is 1.18 bits per heavy atom. The Morgan fingerprint density at radius 1 is 0.226 bits per heavy atom. The van der Waals surface area contributed by atoms with Gasteiger partial charge in [-0.05, 0) is 94.4 Å². The van der Waals surface area contributed by atoms with E-state index in [-0.39, 0.29) is 0 Å². The number of benzene rings is 14. The van der Waals surface area contributed by atoms with Crippen LogP contribution in [0.3, 0.4) is 0 Å². The SMILES string of the molecule is c1ccc(-c2nc(-c3ccc4c(c3)-c3ccccc3C4)nc(-c3cccc4oc5c(-c6ccc(-c7nc8ccccc8s7)cc6)cccc5c34)n2)cc1.c1ccc(-c2nc(-c3ccc4c(c3)sc3ccccc34)nc(-c3cccc4oc5c(-c6ccc(-c7nc8ccccc8s7)cc6)cccc5c34)n2)cc1. The van der Waals surface area contributed by atoms with Crippen molar-refractivity contribution in [1.29, 1.82) is 0 Å². The molecule has 1 aliphatic carbocycles. The monoisotopic (exact) mass is 1410 g/mol. The topological polar surface area (TPSA) is 129 Å². The van der Waals surface area contributed by atoms with Crippen molar-refractivity contribution in [2.24, 2.45) is 0 Å². The maximum Gasteiger partial charge on any atom is 0.164 e. The highest BCUT2D eigenvalue weighted by Crippen LogP contribution is 2.46. The Hall–Kier alpha value is -13.3. The van der Waals surface area contributed by atoms with Crippen molar-refractivity contribution in [3.63, 3.8) is 0 Å². The van der Waals surface area contributed by atoms with E-state index >= 15 is 0 Å². The van der Waals surface area contributed by atoms with Crippen LogP contribution in [0.25, 0.3) is 207 Å². The number of thiophene rings is 1. The fourth-order valence-corrected chi connectivity index (χ4v) is 18.0. The van der Waals surface area contributed by atoms with Crippen molar-refractivity contribution >= 4 is 118 Å². The first-order chi connectivity index (χ1) is 52.5. The van der Waals surface area contributed by atoms with Crippen molar-refractivity contribution in [3.05, 3.63) is 327 Å². The maximum atomic E-state index is 6.69. The summed E-state index contributed by atoms with van der Waals surface area (Å²) >= 11 is 5.21. The third kappa shape index (κ3) is 10.7. The second-order valence-electron chi connectivity index (χ2n) is 26.4. The van der Waals surface area contributed by atoms with E-state index in [0.717, 1.165) is 138 Å². The molecule has 496 valence electrons. The average molecular weight is 1410 g/mol. The number of aromatic nitrogens is 8. The molecule has 21 aromatic rings. The van der Waals surface area contributed by atoms with Gasteiger partial charge in [0.05, 0.1) is 20.4 Å². The van der Waals surface area contributed by atoms with Crippen LogP contribution in [-0.2, 0) is 6.42 Å². The summed E-state index contributed by atoms with van der Waals surface area (Å²) in [5, 5.41) is 8.52. The number of thiazole rings is 2. The number of hydrogen-bond acceptors (Lipinski definition) is 13. The van der Waals surface area contributed by atoms with Crippen molar-refractivity contribution in [3.8, 4) is 123 Å². The zero-order valence-corrected chi connectivity index (χ0v) is 58.8. The zero-order valence-electron chi connectivity index (χ0n) is 56.3. The van der Waals surface area contributed by atoms with Crippen molar-refractivity contribution in [1.82, 2.24) is 39.9 Å². The molecule has 0 amide bonds. The van der Waals surface area contributed by atoms with Crippen LogP contribution in [0.1, 0.15) is 11.1 Å². The quantitative estimate of drug-likeness (QED) is 0.130. The predicted molar refractivity (Wildman–Crippen MR) is 436 cm³/mol. The third-order valence-corrected chi connectivity index (χ3v) is 23.3. The molecular weight excluding hydrogens is 1360 g/mol. The van der Waals surface area contributed by atoms with Gasteiger partial charge in [0.1, 0.15) is 32.3 Å². The van der Waals surface area contributed by atoms with Gasteiger partial charge in [0.25, 0.3) is 0 Å². The van der Waals surface area contributed by atoms with Crippen LogP contribution in [0, 0.1) is 0 Å². The van der Waals surface area contributed by atoms with E-state index in [2.05, 4.69) is 218 Å². The van der Waals surface area contributed by atoms with E-state index in [1.165, 1.54) is 51.8 Å². The summed E-state index contributed by atoms with van der Waals surface area (Å²) in [4.78, 5) is 40.4. The molecule has 13 heteroatoms. The molecule has 0 unspecified atom stereocenters. The largest absolute Gasteiger partial charge is 0.455 e. The smallest absolute Gasteiger partial charge is 0.164 e. The Bertz CT molecular complexity index is 7000. The van der Waals surface area contributed by atoms with Gasteiger partial charge in [0, 0.05) is 97.4 Å². The highest BCUT2D eigenvalue weighted by atomic mass is 32.1. The first-order valence-electron chi connectivity index (χ1n) is 35.1. The van der Waals surface area contributed by atoms with Gasteiger partial charge < -0.3 is 8.83 Å². The molecule has 0 radical (unpaired) electrons. The van der Waals surface area contributed by atoms with Crippen LogP contribution in [-0.4, -0.2) is 39.9 Å². The van der Waals surface area contributed by atoms with Crippen LogP contribution in [0.5, 0.6) is 0 Å². The number of hydrogen-bond donors (Lipinski definition) is 0. The molecular formula is C93H54N8O2S3. The lowest BCUT2D eigenvalue weighted by molar-refractivity contribution is 0.669. The standard InChI is InChI=1S/C47H28N4OS.C46H26N4OS2/c1-2-10-29(11-3-1)44-49-45(33-25-24-32-26-31-12-4-5-13-34(31)38(32)27-33)51-46(50-44)37-16-9-18-40-42(37)36-15-8-14-35(43(36)52-40)28-20-22-30(23-21-28)47-48-39-17-6-7-19-41(39)53-47;1-2-10-28(11-3-1)43-48-44(30-24-25-33-32-12-4-6-18-38(32)52-40(33)26-30)50-45(49-43)35-15-9-17-37-41(35)34-14-8-13-31(42(34)51-37)27-20-22-29(23-21-27)46-47-36-16-5-7-19-39(36)53-46/h1-25,27H,26H2;1-26H. The van der Waals surface area contributed by atoms with Crippen LogP contribution in [0.2, 0.25) is 0 Å². The van der Waals surface area contributed by atoms with Gasteiger partial charge in [-0.1, -0.05) is 261 Å². The Labute approximate surface area is 618 Å². The number of furan rings is 2. The zero-order chi connectivity index (χ0) is 69.8. The molecule has 0 saturated heterocycles. The van der Waals surface area contributed by atoms with E-state index in [0.29, 0.717) is 34.9 Å². The summed E-state index contributed by atoms with van der Waals surface area (Å²) in [5.74, 6) is 3.73. The number of para-hydroxylation sites is 4. The lowest BCUT2D eigenvalue weighted by Gasteiger charge is -2.10. The van der Waals surface area contributed by atoms with Crippen LogP contribution < -0.4 is 0 Å². The molecule has 14 aromatic carbocycles. The highest BCUT2D eigenvalue weighted by molar-refractivity contribution is 7.26. The molecule has 0 bridgehead atoms. The van der Waals surface area contributed by atoms with Gasteiger partial charge >= 0.3 is 0 Å². The summed E-state index contributed by atoms with van der Waals surface area (Å²) in [5.41, 5.74) is 22.4. The molecule has 0 spiro atoms. The van der Waals surface area contributed by atoms with E-state index in [1.54, 1.807) is 34.0 Å². The minimum atomic E-state index is 0.601. The summed E-state index contributed by atoms with van der Waals surface area (Å²) in [7, 11) is 0. The fraction of sp³-hybridized carbons (Fsp3) is 0.0108. The Morgan fingerprint density at radius 2 is 0.623 bits per heavy atom. The van der Waals surface area contributed by atoms with E-state index < -0.39 is 0 Å². The first kappa shape index (κ1) is 61.4. The molecule has 10 nitrogen and oxygen atoms in total. The second kappa shape index (κ2) is 25.3. The van der Waals surface area contributed by atoms with Crippen molar-refractivity contribution in [2.45, 2.75) is 6.42 Å². The number of rotatable bonds is 10. The molecule has 0 saturated carbocycles. The summed E-state index contributed by atoms with van der Waals surface area (Å²) < 4.78 is 18.2. The van der Waals surface area contributed by atoms with Crippen LogP contribution in [0.15, 0.2) is 324 Å². The minimum Gasteiger partial charge on any atom is -0.455 e. The average Bonchev–Trinajstić information content (AvgIpc) is 1.57. The van der Waals surface area contributed by atoms with Crippen molar-refractivity contribution in [2.75, 3.05) is 0 Å². The van der Waals surface area contributed by atoms with Gasteiger partial charge in [-0.15, -0.1) is 34.0 Å². The molecule has 7 aromatic heterocycles. The van der Waals surface area contributed by atoms with Crippen molar-refractivity contribution < 1.29 is 8.83 Å². The minimum absolute atomic E-state index is 0.601. The van der Waals surface area contributed by atoms with Gasteiger partial charge in [-0.2, -0.15) is 0 Å². The summed E-state index contributed by atoms with van der Waals surface area (Å²) in [6.07, 6.45) is 0.939. The molecule has 0 aliphatic heterocycles. The highest BCUT2D eigenvalue weighted by Gasteiger charge is 2.25. The normalized spacial score (nSPS) is 11.9. The molecule has 0 N–H and O–H groups in total. The van der Waals surface area contributed by atoms with E-state index in [4.69, 9.17) is 48.7 Å². The number of fused-ring (bicyclic) bond motifs is 14. The predicted octanol–water partition coefficient (Wildman–Crippen LogP) is 25.4. The third-order valence-electron chi connectivity index (χ3n) is 20.0. The van der Waals surface area contributed by atoms with Gasteiger partial charge in [0.15, 0.2) is 34.9 Å². The summed E-state index contributed by atoms with van der Waals surface area (Å²) in [6, 6.07) is 109. The first-order valence-corrected chi connectivity index (χ1v) is 37.5. The Kier molecular flexibility index (Phi) is 14.6. The van der Waals surface area contributed by atoms with Gasteiger partial charge in [-0.3, -0.25) is 0 Å². The van der Waals surface area contributed by atoms with Crippen LogP contribution in [0.4, 0.5) is 0 Å². The van der Waals surface area contributed by atoms with Crippen LogP contribution >= 0.6 is 34.0 Å². The molecule has 7 heterocycles. The van der Waals surface area contributed by atoms with E-state index in [1.807, 2.05) is 97.1 Å². The molecule has 1 aliphatic rings. The lowest BCUT2D eigenvalue weighted by Crippen LogP contribution is -2.00. The maximum absolute atomic E-state index is 6.69. The van der Waals surface area contributed by atoms with Gasteiger partial charge in [-0.25, -0.2) is 39.9 Å². The Balaban J connectivity index is 0.000000136. The number of nitrogens with zero attached hydrogens (tertiary/aromatic N) is 8. The van der Waals surface area contributed by atoms with Gasteiger partial charge in [0.2, 0.25) is 0 Å². The fourth-order valence-electron chi connectivity index (χ4n) is 14.9. The molecule has 0 fully saturated rings. The lowest BCUT2D eigenvalue weighted by atomic mass is 9.99. The molecule has 0 atom stereocenters.